The summed E-state index contributed by atoms with van der Waals surface area (Å²) < 4.78 is 0. The molecule has 172 valence electrons. The molecule has 0 radical (unpaired) electrons. The van der Waals surface area contributed by atoms with Gasteiger partial charge in [0, 0.05) is 48.6 Å². The number of aryl methyl sites for hydroxylation is 1. The third-order valence-electron chi connectivity index (χ3n) is 5.96. The van der Waals surface area contributed by atoms with Crippen LogP contribution in [0.5, 0.6) is 0 Å². The van der Waals surface area contributed by atoms with E-state index in [9.17, 15) is 24.0 Å². The van der Waals surface area contributed by atoms with Crippen LogP contribution in [0.25, 0.3) is 0 Å². The number of benzene rings is 1. The molecule has 0 spiro atoms. The lowest BCUT2D eigenvalue weighted by Gasteiger charge is -2.29. The Hall–Kier alpha value is -3.53. The van der Waals surface area contributed by atoms with E-state index in [1.807, 2.05) is 25.9 Å². The van der Waals surface area contributed by atoms with Gasteiger partial charge in [-0.15, -0.1) is 11.3 Å². The Labute approximate surface area is 194 Å². The number of carbonyl (C=O) groups excluding carboxylic acids is 5. The standard InChI is InChI=1S/C23H24N4O5S/c1-12-4-5-13(8-17(12)26(2)3)20(29)22(31)24-9-18-14-10-27(23(32)15(14)11-33-18)16-6-7-19(28)25-21(16)30/h4-5,8,11,16H,6-7,9-10H2,1-3H3,(H,24,31)(H,25,28,30). The molecule has 9 nitrogen and oxygen atoms in total. The number of fused-ring (bicyclic) bond motifs is 1. The smallest absolute Gasteiger partial charge is 0.292 e. The van der Waals surface area contributed by atoms with E-state index in [0.29, 0.717) is 11.1 Å². The zero-order valence-corrected chi connectivity index (χ0v) is 19.4. The molecule has 2 aliphatic rings. The lowest BCUT2D eigenvalue weighted by Crippen LogP contribution is -2.52. The second kappa shape index (κ2) is 8.78. The highest BCUT2D eigenvalue weighted by Gasteiger charge is 2.40. The summed E-state index contributed by atoms with van der Waals surface area (Å²) in [6.45, 7) is 2.26. The molecule has 0 saturated carbocycles. The number of piperidine rings is 1. The number of carbonyl (C=O) groups is 5. The van der Waals surface area contributed by atoms with Gasteiger partial charge in [-0.05, 0) is 30.5 Å². The third-order valence-corrected chi connectivity index (χ3v) is 6.98. The number of ketones is 1. The van der Waals surface area contributed by atoms with E-state index in [0.717, 1.165) is 21.7 Å². The summed E-state index contributed by atoms with van der Waals surface area (Å²) >= 11 is 1.33. The Bertz CT molecular complexity index is 1190. The number of hydrogen-bond donors (Lipinski definition) is 2. The fourth-order valence-electron chi connectivity index (χ4n) is 4.16. The summed E-state index contributed by atoms with van der Waals surface area (Å²) in [5, 5.41) is 6.64. The molecule has 4 rings (SSSR count). The SMILES string of the molecule is Cc1ccc(C(=O)C(=O)NCc2scc3c2CN(C2CCC(=O)NC2=O)C3=O)cc1N(C)C. The quantitative estimate of drug-likeness (QED) is 0.376. The average Bonchev–Trinajstić information content (AvgIpc) is 3.31. The van der Waals surface area contributed by atoms with Crippen molar-refractivity contribution in [2.45, 2.75) is 38.9 Å². The normalized spacial score (nSPS) is 17.6. The second-order valence-electron chi connectivity index (χ2n) is 8.36. The van der Waals surface area contributed by atoms with Gasteiger partial charge in [0.25, 0.3) is 11.8 Å². The summed E-state index contributed by atoms with van der Waals surface area (Å²) in [7, 11) is 3.74. The van der Waals surface area contributed by atoms with Gasteiger partial charge in [0.1, 0.15) is 6.04 Å². The van der Waals surface area contributed by atoms with Gasteiger partial charge in [-0.25, -0.2) is 0 Å². The molecule has 3 heterocycles. The topological polar surface area (TPSA) is 116 Å². The molecule has 1 aromatic heterocycles. The van der Waals surface area contributed by atoms with Gasteiger partial charge in [0.2, 0.25) is 17.6 Å². The van der Waals surface area contributed by atoms with Gasteiger partial charge < -0.3 is 15.1 Å². The van der Waals surface area contributed by atoms with Crippen LogP contribution in [-0.2, 0) is 27.5 Å². The van der Waals surface area contributed by atoms with E-state index in [-0.39, 0.29) is 37.7 Å². The third kappa shape index (κ3) is 4.25. The molecule has 1 atom stereocenters. The van der Waals surface area contributed by atoms with Crippen molar-refractivity contribution in [2.75, 3.05) is 19.0 Å². The molecule has 1 fully saturated rings. The minimum absolute atomic E-state index is 0.105. The molecular weight excluding hydrogens is 444 g/mol. The van der Waals surface area contributed by atoms with E-state index in [2.05, 4.69) is 10.6 Å². The molecule has 2 aromatic rings. The van der Waals surface area contributed by atoms with Crippen molar-refractivity contribution >= 4 is 46.4 Å². The highest BCUT2D eigenvalue weighted by molar-refractivity contribution is 7.10. The Morgan fingerprint density at radius 1 is 1.24 bits per heavy atom. The van der Waals surface area contributed by atoms with Crippen molar-refractivity contribution in [1.29, 1.82) is 0 Å². The highest BCUT2D eigenvalue weighted by Crippen LogP contribution is 2.33. The number of nitrogens with one attached hydrogen (secondary N) is 2. The number of Topliss-reactive ketones (excluding diaryl/α,β-unsaturated/α-hetero) is 1. The van der Waals surface area contributed by atoms with Crippen molar-refractivity contribution in [2.24, 2.45) is 0 Å². The van der Waals surface area contributed by atoms with Crippen molar-refractivity contribution in [3.8, 4) is 0 Å². The first kappa shape index (κ1) is 22.7. The fraction of sp³-hybridized carbons (Fsp3) is 0.348. The summed E-state index contributed by atoms with van der Waals surface area (Å²) in [4.78, 5) is 65.7. The molecule has 33 heavy (non-hydrogen) atoms. The van der Waals surface area contributed by atoms with Crippen LogP contribution >= 0.6 is 11.3 Å². The Morgan fingerprint density at radius 2 is 2.00 bits per heavy atom. The van der Waals surface area contributed by atoms with E-state index in [4.69, 9.17) is 0 Å². The van der Waals surface area contributed by atoms with Gasteiger partial charge in [-0.1, -0.05) is 12.1 Å². The van der Waals surface area contributed by atoms with Crippen LogP contribution in [0, 0.1) is 6.92 Å². The summed E-state index contributed by atoms with van der Waals surface area (Å²) in [5.74, 6) is -2.43. The van der Waals surface area contributed by atoms with Crippen molar-refractivity contribution in [3.05, 3.63) is 50.7 Å². The first-order valence-corrected chi connectivity index (χ1v) is 11.4. The lowest BCUT2D eigenvalue weighted by molar-refractivity contribution is -0.136. The number of amides is 4. The largest absolute Gasteiger partial charge is 0.377 e. The highest BCUT2D eigenvalue weighted by atomic mass is 32.1. The lowest BCUT2D eigenvalue weighted by atomic mass is 10.0. The van der Waals surface area contributed by atoms with Gasteiger partial charge in [0.05, 0.1) is 12.1 Å². The van der Waals surface area contributed by atoms with Crippen LogP contribution in [0.2, 0.25) is 0 Å². The Morgan fingerprint density at radius 3 is 2.70 bits per heavy atom. The number of hydrogen-bond acceptors (Lipinski definition) is 7. The maximum atomic E-state index is 12.8. The minimum atomic E-state index is -0.725. The first-order chi connectivity index (χ1) is 15.7. The van der Waals surface area contributed by atoms with Crippen molar-refractivity contribution in [3.63, 3.8) is 0 Å². The van der Waals surface area contributed by atoms with Crippen LogP contribution in [0.15, 0.2) is 23.6 Å². The van der Waals surface area contributed by atoms with E-state index in [1.165, 1.54) is 16.2 Å². The molecule has 2 aliphatic heterocycles. The number of anilines is 1. The zero-order chi connectivity index (χ0) is 23.9. The first-order valence-electron chi connectivity index (χ1n) is 10.5. The summed E-state index contributed by atoms with van der Waals surface area (Å²) in [5.41, 5.74) is 3.40. The van der Waals surface area contributed by atoms with Gasteiger partial charge in [0.15, 0.2) is 0 Å². The Balaban J connectivity index is 1.43. The molecule has 10 heteroatoms. The number of rotatable bonds is 6. The molecular formula is C23H24N4O5S. The molecule has 4 amide bonds. The van der Waals surface area contributed by atoms with Crippen LogP contribution in [0.4, 0.5) is 5.69 Å². The molecule has 1 unspecified atom stereocenters. The van der Waals surface area contributed by atoms with Crippen molar-refractivity contribution in [1.82, 2.24) is 15.5 Å². The number of nitrogens with zero attached hydrogens (tertiary/aromatic N) is 2. The predicted octanol–water partition coefficient (Wildman–Crippen LogP) is 1.38. The summed E-state index contributed by atoms with van der Waals surface area (Å²) in [6.07, 6.45) is 0.475. The van der Waals surface area contributed by atoms with Crippen LogP contribution < -0.4 is 15.5 Å². The maximum absolute atomic E-state index is 12.8. The van der Waals surface area contributed by atoms with Crippen molar-refractivity contribution < 1.29 is 24.0 Å². The zero-order valence-electron chi connectivity index (χ0n) is 18.6. The molecule has 0 bridgehead atoms. The monoisotopic (exact) mass is 468 g/mol. The summed E-state index contributed by atoms with van der Waals surface area (Å²) in [6, 6.07) is 4.43. The second-order valence-corrected chi connectivity index (χ2v) is 9.32. The van der Waals surface area contributed by atoms with Crippen LogP contribution in [0.1, 0.15) is 49.6 Å². The molecule has 1 aromatic carbocycles. The molecule has 0 aliphatic carbocycles. The van der Waals surface area contributed by atoms with Crippen LogP contribution in [-0.4, -0.2) is 54.4 Å². The fourth-order valence-corrected chi connectivity index (χ4v) is 5.13. The van der Waals surface area contributed by atoms with E-state index >= 15 is 0 Å². The van der Waals surface area contributed by atoms with Gasteiger partial charge in [-0.3, -0.25) is 29.3 Å². The average molecular weight is 469 g/mol. The molecule has 1 saturated heterocycles. The van der Waals surface area contributed by atoms with E-state index < -0.39 is 23.6 Å². The maximum Gasteiger partial charge on any atom is 0.292 e. The number of imide groups is 1. The van der Waals surface area contributed by atoms with E-state index in [1.54, 1.807) is 23.6 Å². The number of thiophene rings is 1. The minimum Gasteiger partial charge on any atom is -0.377 e. The van der Waals surface area contributed by atoms with Gasteiger partial charge >= 0.3 is 0 Å². The van der Waals surface area contributed by atoms with Gasteiger partial charge in [-0.2, -0.15) is 0 Å². The predicted molar refractivity (Wildman–Crippen MR) is 122 cm³/mol. The Kier molecular flexibility index (Phi) is 6.03. The van der Waals surface area contributed by atoms with Crippen LogP contribution in [0.3, 0.4) is 0 Å². The molecule has 2 N–H and O–H groups in total.